The van der Waals surface area contributed by atoms with Crippen LogP contribution in [-0.2, 0) is 13.1 Å². The number of benzene rings is 1. The minimum absolute atomic E-state index is 0.621. The van der Waals surface area contributed by atoms with E-state index in [0.29, 0.717) is 19.0 Å². The molecule has 3 aromatic rings. The minimum Gasteiger partial charge on any atom is -0.481 e. The van der Waals surface area contributed by atoms with Gasteiger partial charge in [0.05, 0.1) is 25.9 Å². The van der Waals surface area contributed by atoms with Gasteiger partial charge in [0.1, 0.15) is 12.7 Å². The second-order valence-corrected chi connectivity index (χ2v) is 4.78. The summed E-state index contributed by atoms with van der Waals surface area (Å²) in [6.07, 6.45) is 3.25. The lowest BCUT2D eigenvalue weighted by atomic mass is 10.1. The van der Waals surface area contributed by atoms with E-state index in [-0.39, 0.29) is 0 Å². The summed E-state index contributed by atoms with van der Waals surface area (Å²) in [6, 6.07) is 13.9. The van der Waals surface area contributed by atoms with Crippen LogP contribution >= 0.6 is 0 Å². The van der Waals surface area contributed by atoms with Gasteiger partial charge in [-0.15, -0.1) is 0 Å². The first-order valence-corrected chi connectivity index (χ1v) is 6.99. The number of nitrogens with zero attached hydrogens (tertiary/aromatic N) is 4. The molecule has 0 amide bonds. The molecule has 112 valence electrons. The zero-order chi connectivity index (χ0) is 15.2. The van der Waals surface area contributed by atoms with E-state index in [1.54, 1.807) is 18.1 Å². The van der Waals surface area contributed by atoms with E-state index in [9.17, 15) is 0 Å². The lowest BCUT2D eigenvalue weighted by Gasteiger charge is -2.12. The third-order valence-electron chi connectivity index (χ3n) is 3.27. The van der Waals surface area contributed by atoms with Crippen LogP contribution in [-0.4, -0.2) is 26.9 Å². The summed E-state index contributed by atoms with van der Waals surface area (Å²) in [6.45, 7) is 1.31. The number of ether oxygens (including phenoxy) is 1. The van der Waals surface area contributed by atoms with E-state index in [4.69, 9.17) is 4.74 Å². The standard InChI is InChI=1S/C16H17N5O/c1-22-16-8-4-6-14(20-16)9-18-15-7-3-2-5-13(15)10-21-12-17-11-19-21/h2-8,11-12,18H,9-10H2,1H3. The Hall–Kier alpha value is -2.89. The second kappa shape index (κ2) is 6.71. The van der Waals surface area contributed by atoms with Crippen LogP contribution in [0.3, 0.4) is 0 Å². The Kier molecular flexibility index (Phi) is 4.29. The highest BCUT2D eigenvalue weighted by Crippen LogP contribution is 2.17. The number of para-hydroxylation sites is 1. The number of rotatable bonds is 6. The monoisotopic (exact) mass is 295 g/mol. The Morgan fingerprint density at radius 2 is 2.05 bits per heavy atom. The molecule has 3 rings (SSSR count). The molecule has 0 saturated carbocycles. The van der Waals surface area contributed by atoms with Gasteiger partial charge in [0.2, 0.25) is 5.88 Å². The topological polar surface area (TPSA) is 64.9 Å². The molecule has 2 heterocycles. The van der Waals surface area contributed by atoms with Crippen molar-refractivity contribution < 1.29 is 4.74 Å². The van der Waals surface area contributed by atoms with Gasteiger partial charge >= 0.3 is 0 Å². The zero-order valence-corrected chi connectivity index (χ0v) is 12.3. The number of hydrogen-bond acceptors (Lipinski definition) is 5. The van der Waals surface area contributed by atoms with Crippen LogP contribution in [0.25, 0.3) is 0 Å². The van der Waals surface area contributed by atoms with Gasteiger partial charge in [0.25, 0.3) is 0 Å². The van der Waals surface area contributed by atoms with Gasteiger partial charge in [0, 0.05) is 11.8 Å². The van der Waals surface area contributed by atoms with Crippen LogP contribution in [0.15, 0.2) is 55.1 Å². The van der Waals surface area contributed by atoms with Gasteiger partial charge in [-0.2, -0.15) is 5.10 Å². The van der Waals surface area contributed by atoms with Crippen molar-refractivity contribution >= 4 is 5.69 Å². The second-order valence-electron chi connectivity index (χ2n) is 4.78. The Morgan fingerprint density at radius 1 is 1.14 bits per heavy atom. The van der Waals surface area contributed by atoms with Crippen molar-refractivity contribution in [1.82, 2.24) is 19.7 Å². The first-order chi connectivity index (χ1) is 10.8. The Balaban J connectivity index is 1.72. The summed E-state index contributed by atoms with van der Waals surface area (Å²) < 4.78 is 6.94. The molecule has 0 aliphatic rings. The molecule has 0 spiro atoms. The molecule has 2 aromatic heterocycles. The lowest BCUT2D eigenvalue weighted by Crippen LogP contribution is -2.07. The zero-order valence-electron chi connectivity index (χ0n) is 12.3. The lowest BCUT2D eigenvalue weighted by molar-refractivity contribution is 0.396. The highest BCUT2D eigenvalue weighted by atomic mass is 16.5. The predicted octanol–water partition coefficient (Wildman–Crippen LogP) is 2.34. The summed E-state index contributed by atoms with van der Waals surface area (Å²) in [7, 11) is 1.62. The van der Waals surface area contributed by atoms with Crippen LogP contribution in [0.4, 0.5) is 5.69 Å². The van der Waals surface area contributed by atoms with Crippen molar-refractivity contribution in [1.29, 1.82) is 0 Å². The van der Waals surface area contributed by atoms with E-state index in [0.717, 1.165) is 16.9 Å². The summed E-state index contributed by atoms with van der Waals surface area (Å²) >= 11 is 0. The summed E-state index contributed by atoms with van der Waals surface area (Å²) in [5.41, 5.74) is 3.13. The van der Waals surface area contributed by atoms with Crippen molar-refractivity contribution in [2.45, 2.75) is 13.1 Å². The number of aromatic nitrogens is 4. The van der Waals surface area contributed by atoms with E-state index >= 15 is 0 Å². The highest BCUT2D eigenvalue weighted by Gasteiger charge is 2.04. The van der Waals surface area contributed by atoms with Crippen molar-refractivity contribution in [3.8, 4) is 5.88 Å². The number of anilines is 1. The molecular formula is C16H17N5O. The third-order valence-corrected chi connectivity index (χ3v) is 3.27. The average molecular weight is 295 g/mol. The quantitative estimate of drug-likeness (QED) is 0.756. The van der Waals surface area contributed by atoms with Crippen molar-refractivity contribution in [2.75, 3.05) is 12.4 Å². The molecule has 0 atom stereocenters. The van der Waals surface area contributed by atoms with Gasteiger partial charge in [-0.1, -0.05) is 24.3 Å². The van der Waals surface area contributed by atoms with Gasteiger partial charge in [-0.3, -0.25) is 0 Å². The van der Waals surface area contributed by atoms with E-state index in [1.807, 2.05) is 36.4 Å². The molecular weight excluding hydrogens is 278 g/mol. The fraction of sp³-hybridized carbons (Fsp3) is 0.188. The number of pyridine rings is 1. The molecule has 0 fully saturated rings. The maximum absolute atomic E-state index is 5.14. The summed E-state index contributed by atoms with van der Waals surface area (Å²) in [5, 5.41) is 7.56. The maximum Gasteiger partial charge on any atom is 0.213 e. The first kappa shape index (κ1) is 14.1. The fourth-order valence-corrected chi connectivity index (χ4v) is 2.18. The molecule has 6 nitrogen and oxygen atoms in total. The fourth-order valence-electron chi connectivity index (χ4n) is 2.18. The van der Waals surface area contributed by atoms with E-state index in [2.05, 4.69) is 26.4 Å². The van der Waals surface area contributed by atoms with Gasteiger partial charge < -0.3 is 10.1 Å². The van der Waals surface area contributed by atoms with Crippen LogP contribution < -0.4 is 10.1 Å². The molecule has 0 unspecified atom stereocenters. The molecule has 6 heteroatoms. The molecule has 0 aliphatic heterocycles. The number of methoxy groups -OCH3 is 1. The van der Waals surface area contributed by atoms with E-state index in [1.165, 1.54) is 6.33 Å². The average Bonchev–Trinajstić information content (AvgIpc) is 3.07. The molecule has 0 bridgehead atoms. The molecule has 1 aromatic carbocycles. The maximum atomic E-state index is 5.14. The normalized spacial score (nSPS) is 10.4. The number of hydrogen-bond donors (Lipinski definition) is 1. The van der Waals surface area contributed by atoms with Crippen molar-refractivity contribution in [3.05, 3.63) is 66.4 Å². The minimum atomic E-state index is 0.621. The summed E-state index contributed by atoms with van der Waals surface area (Å²) in [4.78, 5) is 8.37. The van der Waals surface area contributed by atoms with Crippen LogP contribution in [0, 0.1) is 0 Å². The molecule has 0 radical (unpaired) electrons. The molecule has 0 aliphatic carbocycles. The SMILES string of the molecule is COc1cccc(CNc2ccccc2Cn2cncn2)n1. The van der Waals surface area contributed by atoms with Gasteiger partial charge in [0.15, 0.2) is 0 Å². The van der Waals surface area contributed by atoms with Crippen molar-refractivity contribution in [2.24, 2.45) is 0 Å². The largest absolute Gasteiger partial charge is 0.481 e. The number of nitrogens with one attached hydrogen (secondary N) is 1. The Morgan fingerprint density at radius 3 is 2.86 bits per heavy atom. The Labute approximate surface area is 128 Å². The predicted molar refractivity (Wildman–Crippen MR) is 83.7 cm³/mol. The van der Waals surface area contributed by atoms with E-state index < -0.39 is 0 Å². The van der Waals surface area contributed by atoms with Crippen LogP contribution in [0.2, 0.25) is 0 Å². The third kappa shape index (κ3) is 3.41. The molecule has 1 N–H and O–H groups in total. The Bertz CT molecular complexity index is 727. The van der Waals surface area contributed by atoms with Crippen LogP contribution in [0.5, 0.6) is 5.88 Å². The summed E-state index contributed by atoms with van der Waals surface area (Å²) in [5.74, 6) is 0.621. The first-order valence-electron chi connectivity index (χ1n) is 6.99. The smallest absolute Gasteiger partial charge is 0.213 e. The van der Waals surface area contributed by atoms with Gasteiger partial charge in [-0.05, 0) is 17.7 Å². The highest BCUT2D eigenvalue weighted by molar-refractivity contribution is 5.51. The molecule has 22 heavy (non-hydrogen) atoms. The van der Waals surface area contributed by atoms with Gasteiger partial charge in [-0.25, -0.2) is 14.6 Å². The van der Waals surface area contributed by atoms with Crippen LogP contribution in [0.1, 0.15) is 11.3 Å². The van der Waals surface area contributed by atoms with Crippen molar-refractivity contribution in [3.63, 3.8) is 0 Å². The molecule has 0 saturated heterocycles.